The Labute approximate surface area is 93.5 Å². The minimum Gasteiger partial charge on any atom is -0.478 e. The van der Waals surface area contributed by atoms with Crippen LogP contribution in [0.3, 0.4) is 0 Å². The number of aromatic carboxylic acids is 1. The number of rotatable bonds is 5. The number of amides is 1. The number of carbonyl (C=O) groups is 2. The summed E-state index contributed by atoms with van der Waals surface area (Å²) in [5.74, 6) is -1.51. The number of nitrogens with one attached hydrogen (secondary N) is 1. The Kier molecular flexibility index (Phi) is 4.44. The van der Waals surface area contributed by atoms with E-state index in [4.69, 9.17) is 5.11 Å². The zero-order valence-electron chi connectivity index (χ0n) is 9.06. The van der Waals surface area contributed by atoms with Crippen molar-refractivity contribution < 1.29 is 14.7 Å². The molecule has 1 aromatic rings. The average Bonchev–Trinajstić information content (AvgIpc) is 2.29. The summed E-state index contributed by atoms with van der Waals surface area (Å²) in [6.45, 7) is 2.56. The highest BCUT2D eigenvalue weighted by Gasteiger charge is 2.15. The molecule has 0 saturated carbocycles. The first-order valence-electron chi connectivity index (χ1n) is 5.12. The molecule has 0 aliphatic heterocycles. The Balaban J connectivity index is 2.78. The maximum absolute atomic E-state index is 11.6. The third-order valence-electron chi connectivity index (χ3n) is 2.11. The lowest BCUT2D eigenvalue weighted by molar-refractivity contribution is 0.0690. The van der Waals surface area contributed by atoms with Crippen LogP contribution in [0.1, 0.15) is 40.5 Å². The smallest absolute Gasteiger partial charge is 0.336 e. The van der Waals surface area contributed by atoms with Gasteiger partial charge in [-0.2, -0.15) is 0 Å². The molecule has 1 aromatic heterocycles. The molecule has 0 radical (unpaired) electrons. The van der Waals surface area contributed by atoms with E-state index in [-0.39, 0.29) is 17.0 Å². The van der Waals surface area contributed by atoms with Gasteiger partial charge in [-0.25, -0.2) is 4.79 Å². The van der Waals surface area contributed by atoms with Crippen LogP contribution in [-0.2, 0) is 0 Å². The van der Waals surface area contributed by atoms with Crippen molar-refractivity contribution in [3.63, 3.8) is 0 Å². The van der Waals surface area contributed by atoms with E-state index in [2.05, 4.69) is 10.3 Å². The number of nitrogens with zero attached hydrogens (tertiary/aromatic N) is 1. The number of hydrogen-bond acceptors (Lipinski definition) is 3. The van der Waals surface area contributed by atoms with E-state index in [0.29, 0.717) is 6.54 Å². The van der Waals surface area contributed by atoms with Crippen LogP contribution in [0.25, 0.3) is 0 Å². The normalized spacial score (nSPS) is 9.81. The van der Waals surface area contributed by atoms with Crippen LogP contribution in [-0.4, -0.2) is 28.5 Å². The molecule has 1 rings (SSSR count). The lowest BCUT2D eigenvalue weighted by Gasteiger charge is -2.06. The van der Waals surface area contributed by atoms with Gasteiger partial charge in [-0.3, -0.25) is 9.78 Å². The van der Waals surface area contributed by atoms with Gasteiger partial charge in [-0.05, 0) is 12.5 Å². The first-order chi connectivity index (χ1) is 7.66. The zero-order chi connectivity index (χ0) is 12.0. The van der Waals surface area contributed by atoms with Crippen LogP contribution >= 0.6 is 0 Å². The summed E-state index contributed by atoms with van der Waals surface area (Å²) in [5, 5.41) is 11.5. The summed E-state index contributed by atoms with van der Waals surface area (Å²) in [6.07, 6.45) is 4.46. The predicted molar refractivity (Wildman–Crippen MR) is 58.4 cm³/mol. The maximum atomic E-state index is 11.6. The van der Waals surface area contributed by atoms with Crippen LogP contribution in [0.2, 0.25) is 0 Å². The molecular formula is C11H14N2O3. The molecule has 0 aliphatic carbocycles. The van der Waals surface area contributed by atoms with Gasteiger partial charge in [0.05, 0.1) is 11.1 Å². The number of carboxylic acids is 1. The van der Waals surface area contributed by atoms with Crippen molar-refractivity contribution in [3.8, 4) is 0 Å². The van der Waals surface area contributed by atoms with E-state index < -0.39 is 5.97 Å². The number of unbranched alkanes of at least 4 members (excludes halogenated alkanes) is 1. The Hall–Kier alpha value is -1.91. The number of carboxylic acid groups (broad SMARTS) is 1. The number of carbonyl (C=O) groups excluding carboxylic acids is 1. The molecule has 0 fully saturated rings. The summed E-state index contributed by atoms with van der Waals surface area (Å²) in [5.41, 5.74) is 0.0788. The third kappa shape index (κ3) is 3.05. The van der Waals surface area contributed by atoms with E-state index in [1.165, 1.54) is 18.5 Å². The Morgan fingerprint density at radius 2 is 2.19 bits per heavy atom. The van der Waals surface area contributed by atoms with Crippen LogP contribution in [0.4, 0.5) is 0 Å². The van der Waals surface area contributed by atoms with E-state index >= 15 is 0 Å². The van der Waals surface area contributed by atoms with Gasteiger partial charge in [0.15, 0.2) is 0 Å². The van der Waals surface area contributed by atoms with Crippen LogP contribution < -0.4 is 5.32 Å². The molecular weight excluding hydrogens is 208 g/mol. The third-order valence-corrected chi connectivity index (χ3v) is 2.11. The molecule has 16 heavy (non-hydrogen) atoms. The Morgan fingerprint density at radius 1 is 1.44 bits per heavy atom. The standard InChI is InChI=1S/C11H14N2O3/c1-2-3-5-13-10(14)9-7-12-6-4-8(9)11(15)16/h4,6-7H,2-3,5H2,1H3,(H,13,14)(H,15,16). The fourth-order valence-corrected chi connectivity index (χ4v) is 1.24. The van der Waals surface area contributed by atoms with Gasteiger partial charge in [0.2, 0.25) is 0 Å². The van der Waals surface area contributed by atoms with Crippen molar-refractivity contribution in [1.29, 1.82) is 0 Å². The largest absolute Gasteiger partial charge is 0.478 e. The molecule has 0 aliphatic rings. The summed E-state index contributed by atoms with van der Waals surface area (Å²) in [7, 11) is 0. The molecule has 0 saturated heterocycles. The molecule has 0 bridgehead atoms. The molecule has 1 amide bonds. The highest BCUT2D eigenvalue weighted by Crippen LogP contribution is 2.06. The van der Waals surface area contributed by atoms with Crippen molar-refractivity contribution >= 4 is 11.9 Å². The zero-order valence-corrected chi connectivity index (χ0v) is 9.06. The van der Waals surface area contributed by atoms with Crippen molar-refractivity contribution in [2.75, 3.05) is 6.54 Å². The highest BCUT2D eigenvalue weighted by molar-refractivity contribution is 6.04. The number of aromatic nitrogens is 1. The van der Waals surface area contributed by atoms with Crippen molar-refractivity contribution in [2.24, 2.45) is 0 Å². The predicted octanol–water partition coefficient (Wildman–Crippen LogP) is 1.31. The van der Waals surface area contributed by atoms with E-state index in [1.54, 1.807) is 0 Å². The van der Waals surface area contributed by atoms with Gasteiger partial charge >= 0.3 is 5.97 Å². The Morgan fingerprint density at radius 3 is 2.81 bits per heavy atom. The SMILES string of the molecule is CCCCNC(=O)c1cnccc1C(=O)O. The monoisotopic (exact) mass is 222 g/mol. The summed E-state index contributed by atoms with van der Waals surface area (Å²) >= 11 is 0. The molecule has 1 heterocycles. The van der Waals surface area contributed by atoms with E-state index in [0.717, 1.165) is 12.8 Å². The molecule has 2 N–H and O–H groups in total. The topological polar surface area (TPSA) is 79.3 Å². The molecule has 0 spiro atoms. The average molecular weight is 222 g/mol. The minimum absolute atomic E-state index is 0.0241. The molecule has 5 heteroatoms. The van der Waals surface area contributed by atoms with Gasteiger partial charge in [-0.1, -0.05) is 13.3 Å². The number of hydrogen-bond donors (Lipinski definition) is 2. The molecule has 0 unspecified atom stereocenters. The van der Waals surface area contributed by atoms with Gasteiger partial charge in [0, 0.05) is 18.9 Å². The van der Waals surface area contributed by atoms with E-state index in [1.807, 2.05) is 6.92 Å². The van der Waals surface area contributed by atoms with Gasteiger partial charge < -0.3 is 10.4 Å². The second-order valence-electron chi connectivity index (χ2n) is 3.34. The van der Waals surface area contributed by atoms with E-state index in [9.17, 15) is 9.59 Å². The molecule has 0 aromatic carbocycles. The van der Waals surface area contributed by atoms with Crippen molar-refractivity contribution in [2.45, 2.75) is 19.8 Å². The molecule has 5 nitrogen and oxygen atoms in total. The van der Waals surface area contributed by atoms with Gasteiger partial charge in [-0.15, -0.1) is 0 Å². The van der Waals surface area contributed by atoms with Gasteiger partial charge in [0.1, 0.15) is 0 Å². The molecule has 0 atom stereocenters. The van der Waals surface area contributed by atoms with Gasteiger partial charge in [0.25, 0.3) is 5.91 Å². The fraction of sp³-hybridized carbons (Fsp3) is 0.364. The van der Waals surface area contributed by atoms with Crippen LogP contribution in [0, 0.1) is 0 Å². The minimum atomic E-state index is -1.12. The number of pyridine rings is 1. The molecule has 86 valence electrons. The Bertz CT molecular complexity index is 391. The van der Waals surface area contributed by atoms with Crippen LogP contribution in [0.5, 0.6) is 0 Å². The quantitative estimate of drug-likeness (QED) is 0.736. The van der Waals surface area contributed by atoms with Crippen LogP contribution in [0.15, 0.2) is 18.5 Å². The lowest BCUT2D eigenvalue weighted by Crippen LogP contribution is -2.26. The second kappa shape index (κ2) is 5.85. The summed E-state index contributed by atoms with van der Waals surface area (Å²) < 4.78 is 0. The first-order valence-corrected chi connectivity index (χ1v) is 5.12. The maximum Gasteiger partial charge on any atom is 0.336 e. The second-order valence-corrected chi connectivity index (χ2v) is 3.34. The summed E-state index contributed by atoms with van der Waals surface area (Å²) in [4.78, 5) is 26.2. The first kappa shape index (κ1) is 12.2. The fourth-order valence-electron chi connectivity index (χ4n) is 1.24. The summed E-state index contributed by atoms with van der Waals surface area (Å²) in [6, 6.07) is 1.32. The highest BCUT2D eigenvalue weighted by atomic mass is 16.4. The lowest BCUT2D eigenvalue weighted by atomic mass is 10.1. The van der Waals surface area contributed by atoms with Crippen molar-refractivity contribution in [1.82, 2.24) is 10.3 Å². The van der Waals surface area contributed by atoms with Crippen molar-refractivity contribution in [3.05, 3.63) is 29.6 Å².